The van der Waals surface area contributed by atoms with Gasteiger partial charge in [0.1, 0.15) is 11.2 Å². The molecule has 1 atom stereocenters. The number of amides is 3. The van der Waals surface area contributed by atoms with Gasteiger partial charge in [-0.2, -0.15) is 5.10 Å². The Bertz CT molecular complexity index is 1030. The molecule has 1 aromatic carbocycles. The SMILES string of the molecule is CCCCN1C(=O)c2cc(C(=O)NCCc3ccccc3)nn2CC1(C)C(=O)NC1CCCC1. The molecule has 2 heterocycles. The molecule has 3 amide bonds. The molecule has 1 aliphatic carbocycles. The average Bonchev–Trinajstić information content (AvgIpc) is 3.49. The molecule has 0 spiro atoms. The lowest BCUT2D eigenvalue weighted by atomic mass is 9.94. The van der Waals surface area contributed by atoms with Crippen molar-refractivity contribution in [3.05, 3.63) is 53.3 Å². The van der Waals surface area contributed by atoms with Gasteiger partial charge in [-0.05, 0) is 38.2 Å². The summed E-state index contributed by atoms with van der Waals surface area (Å²) in [6.45, 7) is 5.08. The molecule has 1 saturated carbocycles. The Kier molecular flexibility index (Phi) is 7.34. The maximum atomic E-state index is 13.5. The van der Waals surface area contributed by atoms with E-state index in [1.807, 2.05) is 37.3 Å². The first-order valence-corrected chi connectivity index (χ1v) is 12.5. The molecule has 34 heavy (non-hydrogen) atoms. The number of rotatable bonds is 9. The molecule has 0 bridgehead atoms. The average molecular weight is 466 g/mol. The Hall–Kier alpha value is -3.16. The molecule has 2 aromatic rings. The fourth-order valence-corrected chi connectivity index (χ4v) is 4.89. The minimum Gasteiger partial charge on any atom is -0.351 e. The van der Waals surface area contributed by atoms with Crippen LogP contribution < -0.4 is 10.6 Å². The van der Waals surface area contributed by atoms with Crippen molar-refractivity contribution < 1.29 is 14.4 Å². The predicted molar refractivity (Wildman–Crippen MR) is 129 cm³/mol. The van der Waals surface area contributed by atoms with Gasteiger partial charge in [0.05, 0.1) is 6.54 Å². The second kappa shape index (κ2) is 10.4. The van der Waals surface area contributed by atoms with E-state index in [1.165, 1.54) is 4.68 Å². The van der Waals surface area contributed by atoms with Crippen LogP contribution in [0, 0.1) is 0 Å². The number of aromatic nitrogens is 2. The number of benzene rings is 1. The summed E-state index contributed by atoms with van der Waals surface area (Å²) in [5.41, 5.74) is 0.648. The van der Waals surface area contributed by atoms with Crippen LogP contribution in [0.2, 0.25) is 0 Å². The van der Waals surface area contributed by atoms with E-state index in [2.05, 4.69) is 22.7 Å². The molecule has 4 rings (SSSR count). The van der Waals surface area contributed by atoms with Crippen molar-refractivity contribution in [3.63, 3.8) is 0 Å². The minimum absolute atomic E-state index is 0.140. The Labute approximate surface area is 201 Å². The van der Waals surface area contributed by atoms with E-state index < -0.39 is 5.54 Å². The minimum atomic E-state index is -1.05. The van der Waals surface area contributed by atoms with Crippen molar-refractivity contribution in [2.75, 3.05) is 13.1 Å². The van der Waals surface area contributed by atoms with E-state index >= 15 is 0 Å². The lowest BCUT2D eigenvalue weighted by Crippen LogP contribution is -2.65. The van der Waals surface area contributed by atoms with Gasteiger partial charge in [-0.15, -0.1) is 0 Å². The van der Waals surface area contributed by atoms with Crippen LogP contribution >= 0.6 is 0 Å². The highest BCUT2D eigenvalue weighted by atomic mass is 16.2. The Balaban J connectivity index is 1.50. The van der Waals surface area contributed by atoms with Crippen LogP contribution in [-0.4, -0.2) is 57.1 Å². The van der Waals surface area contributed by atoms with Gasteiger partial charge in [-0.3, -0.25) is 19.1 Å². The predicted octanol–water partition coefficient (Wildman–Crippen LogP) is 2.93. The van der Waals surface area contributed by atoms with Gasteiger partial charge in [0.15, 0.2) is 5.69 Å². The van der Waals surface area contributed by atoms with Crippen LogP contribution in [0.5, 0.6) is 0 Å². The quantitative estimate of drug-likeness (QED) is 0.595. The zero-order valence-corrected chi connectivity index (χ0v) is 20.2. The third-order valence-corrected chi connectivity index (χ3v) is 6.99. The van der Waals surface area contributed by atoms with Gasteiger partial charge < -0.3 is 15.5 Å². The summed E-state index contributed by atoms with van der Waals surface area (Å²) in [6, 6.07) is 11.6. The lowest BCUT2D eigenvalue weighted by Gasteiger charge is -2.43. The second-order valence-corrected chi connectivity index (χ2v) is 9.60. The third kappa shape index (κ3) is 5.00. The fourth-order valence-electron chi connectivity index (χ4n) is 4.89. The molecule has 1 aromatic heterocycles. The van der Waals surface area contributed by atoms with Crippen LogP contribution in [0.25, 0.3) is 0 Å². The number of hydrogen-bond acceptors (Lipinski definition) is 4. The number of unbranched alkanes of at least 4 members (excludes halogenated alkanes) is 1. The molecule has 182 valence electrons. The standard InChI is InChI=1S/C26H35N5O3/c1-3-4-16-30-24(33)22-17-21(23(32)27-15-14-19-10-6-5-7-11-19)29-31(22)18-26(30,2)25(34)28-20-12-8-9-13-20/h5-7,10-11,17,20H,3-4,8-9,12-16,18H2,1-2H3,(H,27,32)(H,28,34). The molecule has 1 fully saturated rings. The van der Waals surface area contributed by atoms with Crippen LogP contribution in [-0.2, 0) is 17.8 Å². The summed E-state index contributed by atoms with van der Waals surface area (Å²) in [5, 5.41) is 10.5. The van der Waals surface area contributed by atoms with Crippen molar-refractivity contribution in [3.8, 4) is 0 Å². The van der Waals surface area contributed by atoms with Crippen molar-refractivity contribution in [1.82, 2.24) is 25.3 Å². The summed E-state index contributed by atoms with van der Waals surface area (Å²) in [4.78, 5) is 41.3. The topological polar surface area (TPSA) is 96.3 Å². The van der Waals surface area contributed by atoms with Crippen LogP contribution in [0.3, 0.4) is 0 Å². The third-order valence-electron chi connectivity index (χ3n) is 6.99. The number of carbonyl (C=O) groups is 3. The molecule has 2 aliphatic rings. The number of nitrogens with one attached hydrogen (secondary N) is 2. The van der Waals surface area contributed by atoms with Gasteiger partial charge in [0, 0.05) is 25.2 Å². The molecule has 8 nitrogen and oxygen atoms in total. The maximum absolute atomic E-state index is 13.5. The highest BCUT2D eigenvalue weighted by molar-refractivity contribution is 6.01. The van der Waals surface area contributed by atoms with E-state index in [0.29, 0.717) is 25.2 Å². The highest BCUT2D eigenvalue weighted by Crippen LogP contribution is 2.29. The summed E-state index contributed by atoms with van der Waals surface area (Å²) < 4.78 is 1.53. The Morgan fingerprint density at radius 1 is 1.18 bits per heavy atom. The second-order valence-electron chi connectivity index (χ2n) is 9.60. The summed E-state index contributed by atoms with van der Waals surface area (Å²) in [7, 11) is 0. The van der Waals surface area contributed by atoms with E-state index in [1.54, 1.807) is 11.0 Å². The van der Waals surface area contributed by atoms with Crippen LogP contribution in [0.1, 0.15) is 78.9 Å². The zero-order valence-electron chi connectivity index (χ0n) is 20.2. The van der Waals surface area contributed by atoms with Gasteiger partial charge in [0.2, 0.25) is 5.91 Å². The Morgan fingerprint density at radius 3 is 2.62 bits per heavy atom. The van der Waals surface area contributed by atoms with E-state index in [9.17, 15) is 14.4 Å². The zero-order chi connectivity index (χ0) is 24.1. The number of fused-ring (bicyclic) bond motifs is 1. The lowest BCUT2D eigenvalue weighted by molar-refractivity contribution is -0.133. The first-order valence-electron chi connectivity index (χ1n) is 12.5. The molecule has 8 heteroatoms. The smallest absolute Gasteiger partial charge is 0.273 e. The van der Waals surface area contributed by atoms with Crippen molar-refractivity contribution in [2.24, 2.45) is 0 Å². The number of carbonyl (C=O) groups excluding carboxylic acids is 3. The van der Waals surface area contributed by atoms with Crippen molar-refractivity contribution in [2.45, 2.75) is 76.9 Å². The molecule has 0 radical (unpaired) electrons. The monoisotopic (exact) mass is 465 g/mol. The fraction of sp³-hybridized carbons (Fsp3) is 0.538. The first-order chi connectivity index (χ1) is 16.4. The van der Waals surface area contributed by atoms with Gasteiger partial charge >= 0.3 is 0 Å². The number of hydrogen-bond donors (Lipinski definition) is 2. The summed E-state index contributed by atoms with van der Waals surface area (Å²) >= 11 is 0. The molecular weight excluding hydrogens is 430 g/mol. The maximum Gasteiger partial charge on any atom is 0.273 e. The molecule has 0 saturated heterocycles. The van der Waals surface area contributed by atoms with Gasteiger partial charge in [-0.1, -0.05) is 56.5 Å². The first kappa shape index (κ1) is 24.0. The van der Waals surface area contributed by atoms with Crippen LogP contribution in [0.4, 0.5) is 0 Å². The highest BCUT2D eigenvalue weighted by Gasteiger charge is 2.48. The van der Waals surface area contributed by atoms with Gasteiger partial charge in [-0.25, -0.2) is 0 Å². The van der Waals surface area contributed by atoms with Gasteiger partial charge in [0.25, 0.3) is 11.8 Å². The molecule has 1 aliphatic heterocycles. The summed E-state index contributed by atoms with van der Waals surface area (Å²) in [6.07, 6.45) is 6.62. The van der Waals surface area contributed by atoms with E-state index in [4.69, 9.17) is 0 Å². The van der Waals surface area contributed by atoms with Crippen LogP contribution in [0.15, 0.2) is 36.4 Å². The molecule has 1 unspecified atom stereocenters. The van der Waals surface area contributed by atoms with E-state index in [0.717, 1.165) is 44.1 Å². The molecule has 2 N–H and O–H groups in total. The number of nitrogens with zero attached hydrogens (tertiary/aromatic N) is 3. The Morgan fingerprint density at radius 2 is 1.91 bits per heavy atom. The normalized spacial score (nSPS) is 20.3. The van der Waals surface area contributed by atoms with E-state index in [-0.39, 0.29) is 36.0 Å². The summed E-state index contributed by atoms with van der Waals surface area (Å²) in [5.74, 6) is -0.707. The van der Waals surface area contributed by atoms with Crippen molar-refractivity contribution in [1.29, 1.82) is 0 Å². The largest absolute Gasteiger partial charge is 0.351 e. The van der Waals surface area contributed by atoms with Crippen molar-refractivity contribution >= 4 is 17.7 Å². The molecular formula is C26H35N5O3.